The van der Waals surface area contributed by atoms with Gasteiger partial charge >= 0.3 is 5.97 Å². The van der Waals surface area contributed by atoms with Gasteiger partial charge in [-0.25, -0.2) is 4.79 Å². The van der Waals surface area contributed by atoms with Crippen LogP contribution in [0.15, 0.2) is 0 Å². The van der Waals surface area contributed by atoms with Crippen molar-refractivity contribution in [3.8, 4) is 0 Å². The molecule has 1 fully saturated rings. The summed E-state index contributed by atoms with van der Waals surface area (Å²) < 4.78 is 5.30. The highest BCUT2D eigenvalue weighted by Crippen LogP contribution is 2.19. The van der Waals surface area contributed by atoms with E-state index in [1.807, 2.05) is 13.8 Å². The normalized spacial score (nSPS) is 23.9. The molecule has 0 radical (unpaired) electrons. The van der Waals surface area contributed by atoms with Gasteiger partial charge < -0.3 is 20.9 Å². The van der Waals surface area contributed by atoms with Crippen LogP contribution in [0.25, 0.3) is 0 Å². The maximum absolute atomic E-state index is 11.9. The molecule has 6 heteroatoms. The summed E-state index contributed by atoms with van der Waals surface area (Å²) in [5, 5.41) is 11.5. The van der Waals surface area contributed by atoms with Crippen molar-refractivity contribution in [1.82, 2.24) is 5.32 Å². The summed E-state index contributed by atoms with van der Waals surface area (Å²) in [4.78, 5) is 22.6. The Kier molecular flexibility index (Phi) is 5.10. The van der Waals surface area contributed by atoms with Crippen LogP contribution in [-0.2, 0) is 14.3 Å². The smallest absolute Gasteiger partial charge is 0.332 e. The zero-order chi connectivity index (χ0) is 13.8. The fourth-order valence-corrected chi connectivity index (χ4v) is 1.99. The zero-order valence-electron chi connectivity index (χ0n) is 10.9. The largest absolute Gasteiger partial charge is 0.479 e. The van der Waals surface area contributed by atoms with E-state index in [9.17, 15) is 9.59 Å². The predicted octanol–water partition coefficient (Wildman–Crippen LogP) is 0.252. The Morgan fingerprint density at radius 1 is 1.39 bits per heavy atom. The number of nitrogens with two attached hydrogens (primary N) is 1. The Hall–Kier alpha value is -1.14. The summed E-state index contributed by atoms with van der Waals surface area (Å²) >= 11 is 0. The van der Waals surface area contributed by atoms with Gasteiger partial charge in [-0.05, 0) is 25.7 Å². The molecule has 1 saturated heterocycles. The van der Waals surface area contributed by atoms with Gasteiger partial charge in [0.05, 0.1) is 11.6 Å². The summed E-state index contributed by atoms with van der Waals surface area (Å²) in [6.45, 7) is 4.06. The molecule has 0 aromatic rings. The van der Waals surface area contributed by atoms with E-state index in [4.69, 9.17) is 15.6 Å². The van der Waals surface area contributed by atoms with E-state index < -0.39 is 17.6 Å². The number of hydrogen-bond donors (Lipinski definition) is 3. The summed E-state index contributed by atoms with van der Waals surface area (Å²) in [6.07, 6.45) is 1.30. The SMILES string of the molecule is CCC(N)(CC)C(=O)NCC1CCC(C(=O)O)O1. The monoisotopic (exact) mass is 258 g/mol. The number of hydrogen-bond acceptors (Lipinski definition) is 4. The first-order chi connectivity index (χ1) is 8.42. The summed E-state index contributed by atoms with van der Waals surface area (Å²) in [5.74, 6) is -1.14. The van der Waals surface area contributed by atoms with Crippen molar-refractivity contribution >= 4 is 11.9 Å². The van der Waals surface area contributed by atoms with Crippen LogP contribution < -0.4 is 11.1 Å². The van der Waals surface area contributed by atoms with Gasteiger partial charge in [-0.1, -0.05) is 13.8 Å². The topological polar surface area (TPSA) is 102 Å². The third-order valence-electron chi connectivity index (χ3n) is 3.59. The van der Waals surface area contributed by atoms with Crippen molar-refractivity contribution in [3.63, 3.8) is 0 Å². The molecular weight excluding hydrogens is 236 g/mol. The third kappa shape index (κ3) is 3.43. The van der Waals surface area contributed by atoms with Gasteiger partial charge in [-0.3, -0.25) is 4.79 Å². The number of rotatable bonds is 6. The maximum atomic E-state index is 11.9. The number of carboxylic acids is 1. The Labute approximate surface area is 107 Å². The van der Waals surface area contributed by atoms with Crippen molar-refractivity contribution in [2.24, 2.45) is 5.73 Å². The summed E-state index contributed by atoms with van der Waals surface area (Å²) in [7, 11) is 0. The summed E-state index contributed by atoms with van der Waals surface area (Å²) in [6, 6.07) is 0. The van der Waals surface area contributed by atoms with Gasteiger partial charge in [0.2, 0.25) is 5.91 Å². The lowest BCUT2D eigenvalue weighted by Gasteiger charge is -2.26. The van der Waals surface area contributed by atoms with E-state index in [1.165, 1.54) is 0 Å². The van der Waals surface area contributed by atoms with Crippen molar-refractivity contribution in [1.29, 1.82) is 0 Å². The van der Waals surface area contributed by atoms with Crippen LogP contribution in [0.3, 0.4) is 0 Å². The van der Waals surface area contributed by atoms with E-state index in [0.717, 1.165) is 0 Å². The van der Waals surface area contributed by atoms with Gasteiger partial charge in [-0.2, -0.15) is 0 Å². The molecule has 0 aromatic carbocycles. The first-order valence-electron chi connectivity index (χ1n) is 6.38. The Morgan fingerprint density at radius 3 is 2.44 bits per heavy atom. The number of ether oxygens (including phenoxy) is 1. The predicted molar refractivity (Wildman–Crippen MR) is 66.0 cm³/mol. The van der Waals surface area contributed by atoms with E-state index in [2.05, 4.69) is 5.32 Å². The average Bonchev–Trinajstić information content (AvgIpc) is 2.83. The highest BCUT2D eigenvalue weighted by Gasteiger charge is 2.33. The van der Waals surface area contributed by atoms with Gasteiger partial charge in [0, 0.05) is 6.54 Å². The molecule has 2 atom stereocenters. The maximum Gasteiger partial charge on any atom is 0.332 e. The van der Waals surface area contributed by atoms with Crippen LogP contribution >= 0.6 is 0 Å². The van der Waals surface area contributed by atoms with Gasteiger partial charge in [0.25, 0.3) is 0 Å². The molecule has 0 aromatic heterocycles. The van der Waals surface area contributed by atoms with E-state index >= 15 is 0 Å². The molecule has 1 aliphatic heterocycles. The quantitative estimate of drug-likeness (QED) is 0.634. The number of carbonyl (C=O) groups is 2. The van der Waals surface area contributed by atoms with Gasteiger partial charge in [-0.15, -0.1) is 0 Å². The number of nitrogens with one attached hydrogen (secondary N) is 1. The third-order valence-corrected chi connectivity index (χ3v) is 3.59. The number of carboxylic acid groups (broad SMARTS) is 1. The Balaban J connectivity index is 2.38. The molecule has 0 bridgehead atoms. The lowest BCUT2D eigenvalue weighted by molar-refractivity contribution is -0.149. The number of aliphatic carboxylic acids is 1. The molecular formula is C12H22N2O4. The minimum atomic E-state index is -0.945. The molecule has 1 heterocycles. The second-order valence-corrected chi connectivity index (χ2v) is 4.74. The molecule has 0 saturated carbocycles. The summed E-state index contributed by atoms with van der Waals surface area (Å²) in [5.41, 5.74) is 5.11. The van der Waals surface area contributed by atoms with Crippen LogP contribution in [0.1, 0.15) is 39.5 Å². The van der Waals surface area contributed by atoms with Crippen molar-refractivity contribution < 1.29 is 19.4 Å². The molecule has 4 N–H and O–H groups in total. The van der Waals surface area contributed by atoms with Gasteiger partial charge in [0.1, 0.15) is 0 Å². The number of carbonyl (C=O) groups excluding carboxylic acids is 1. The molecule has 0 aliphatic carbocycles. The minimum absolute atomic E-state index is 0.199. The van der Waals surface area contributed by atoms with Crippen molar-refractivity contribution in [2.45, 2.75) is 57.3 Å². The Morgan fingerprint density at radius 2 is 2.00 bits per heavy atom. The fourth-order valence-electron chi connectivity index (χ4n) is 1.99. The van der Waals surface area contributed by atoms with Crippen LogP contribution in [0.2, 0.25) is 0 Å². The van der Waals surface area contributed by atoms with Crippen molar-refractivity contribution in [2.75, 3.05) is 6.54 Å². The van der Waals surface area contributed by atoms with E-state index in [-0.39, 0.29) is 12.0 Å². The molecule has 2 unspecified atom stereocenters. The Bertz CT molecular complexity index is 315. The molecule has 1 aliphatic rings. The lowest BCUT2D eigenvalue weighted by Crippen LogP contribution is -2.54. The molecule has 104 valence electrons. The van der Waals surface area contributed by atoms with Crippen LogP contribution in [0.4, 0.5) is 0 Å². The van der Waals surface area contributed by atoms with Crippen LogP contribution in [0, 0.1) is 0 Å². The lowest BCUT2D eigenvalue weighted by atomic mass is 9.93. The average molecular weight is 258 g/mol. The van der Waals surface area contributed by atoms with E-state index in [0.29, 0.717) is 32.2 Å². The zero-order valence-corrected chi connectivity index (χ0v) is 10.9. The molecule has 18 heavy (non-hydrogen) atoms. The highest BCUT2D eigenvalue weighted by molar-refractivity contribution is 5.85. The van der Waals surface area contributed by atoms with E-state index in [1.54, 1.807) is 0 Å². The standard InChI is InChI=1S/C12H22N2O4/c1-3-12(13,4-2)11(17)14-7-8-5-6-9(18-8)10(15)16/h8-9H,3-7,13H2,1-2H3,(H,14,17)(H,15,16). The first-order valence-corrected chi connectivity index (χ1v) is 6.38. The molecule has 0 spiro atoms. The van der Waals surface area contributed by atoms with Crippen molar-refractivity contribution in [3.05, 3.63) is 0 Å². The molecule has 6 nitrogen and oxygen atoms in total. The second-order valence-electron chi connectivity index (χ2n) is 4.74. The molecule has 1 rings (SSSR count). The number of amides is 1. The second kappa shape index (κ2) is 6.15. The first kappa shape index (κ1) is 14.9. The highest BCUT2D eigenvalue weighted by atomic mass is 16.5. The fraction of sp³-hybridized carbons (Fsp3) is 0.833. The molecule has 1 amide bonds. The van der Waals surface area contributed by atoms with Crippen LogP contribution in [0.5, 0.6) is 0 Å². The van der Waals surface area contributed by atoms with Crippen LogP contribution in [-0.4, -0.2) is 41.3 Å². The minimum Gasteiger partial charge on any atom is -0.479 e. The van der Waals surface area contributed by atoms with Gasteiger partial charge in [0.15, 0.2) is 6.10 Å².